The summed E-state index contributed by atoms with van der Waals surface area (Å²) >= 11 is 5.52. The fraction of sp³-hybridized carbons (Fsp3) is 0.556. The number of aliphatic hydroxyl groups excluding tert-OH is 1. The molecule has 1 saturated carbocycles. The number of anilines is 1. The van der Waals surface area contributed by atoms with Crippen LogP contribution in [0, 0.1) is 0 Å². The van der Waals surface area contributed by atoms with E-state index in [9.17, 15) is 13.9 Å². The fourth-order valence-corrected chi connectivity index (χ4v) is 2.01. The first-order chi connectivity index (χ1) is 7.86. The van der Waals surface area contributed by atoms with Gasteiger partial charge in [-0.1, -0.05) is 0 Å². The molecule has 0 amide bonds. The molecule has 17 heavy (non-hydrogen) atoms. The monoisotopic (exact) mass is 265 g/mol. The van der Waals surface area contributed by atoms with Gasteiger partial charge in [0.05, 0.1) is 18.3 Å². The fourth-order valence-electron chi connectivity index (χ4n) is 1.88. The van der Waals surface area contributed by atoms with Gasteiger partial charge < -0.3 is 15.5 Å². The van der Waals surface area contributed by atoms with E-state index in [-0.39, 0.29) is 16.9 Å². The minimum absolute atomic E-state index is 0.0606. The van der Waals surface area contributed by atoms with Crippen LogP contribution >= 0.6 is 11.6 Å². The van der Waals surface area contributed by atoms with Gasteiger partial charge in [-0.3, -0.25) is 0 Å². The van der Waals surface area contributed by atoms with Crippen LogP contribution in [0.3, 0.4) is 0 Å². The van der Waals surface area contributed by atoms with Crippen LogP contribution < -0.4 is 5.32 Å². The van der Waals surface area contributed by atoms with Crippen molar-refractivity contribution >= 4 is 17.4 Å². The van der Waals surface area contributed by atoms with E-state index in [1.165, 1.54) is 0 Å². The van der Waals surface area contributed by atoms with Crippen molar-refractivity contribution in [3.8, 4) is 5.75 Å². The Morgan fingerprint density at radius 2 is 2.12 bits per heavy atom. The van der Waals surface area contributed by atoms with Crippen LogP contribution in [-0.4, -0.2) is 38.2 Å². The highest BCUT2D eigenvalue weighted by molar-refractivity contribution is 6.28. The summed E-state index contributed by atoms with van der Waals surface area (Å²) in [6, 6.07) is 0. The number of aromatic nitrogens is 2. The molecule has 0 atom stereocenters. The first-order valence-corrected chi connectivity index (χ1v) is 5.22. The molecule has 0 aliphatic heterocycles. The third kappa shape index (κ3) is 2.39. The van der Waals surface area contributed by atoms with Gasteiger partial charge in [-0.2, -0.15) is 4.98 Å². The minimum Gasteiger partial charge on any atom is -0.503 e. The van der Waals surface area contributed by atoms with E-state index >= 15 is 0 Å². The lowest BCUT2D eigenvalue weighted by atomic mass is 9.74. The summed E-state index contributed by atoms with van der Waals surface area (Å²) in [4.78, 5) is 7.19. The van der Waals surface area contributed by atoms with E-state index in [0.717, 1.165) is 6.20 Å². The Balaban J connectivity index is 2.17. The lowest BCUT2D eigenvalue weighted by molar-refractivity contribution is -0.126. The first kappa shape index (κ1) is 12.3. The summed E-state index contributed by atoms with van der Waals surface area (Å²) in [7, 11) is 0. The van der Waals surface area contributed by atoms with Gasteiger partial charge in [-0.15, -0.1) is 0 Å². The summed E-state index contributed by atoms with van der Waals surface area (Å²) in [5, 5.41) is 21.0. The average Bonchev–Trinajstić information content (AvgIpc) is 2.20. The molecule has 5 nitrogen and oxygen atoms in total. The van der Waals surface area contributed by atoms with Crippen molar-refractivity contribution in [1.82, 2.24) is 9.97 Å². The highest BCUT2D eigenvalue weighted by Gasteiger charge is 2.56. The average molecular weight is 266 g/mol. The van der Waals surface area contributed by atoms with Gasteiger partial charge in [-0.25, -0.2) is 13.8 Å². The van der Waals surface area contributed by atoms with Gasteiger partial charge in [0.25, 0.3) is 5.92 Å². The van der Waals surface area contributed by atoms with E-state index in [1.807, 2.05) is 0 Å². The van der Waals surface area contributed by atoms with E-state index in [1.54, 1.807) is 0 Å². The second-order valence-electron chi connectivity index (χ2n) is 4.15. The topological polar surface area (TPSA) is 78.3 Å². The van der Waals surface area contributed by atoms with Gasteiger partial charge in [0.1, 0.15) is 0 Å². The molecule has 1 aliphatic carbocycles. The van der Waals surface area contributed by atoms with E-state index in [2.05, 4.69) is 15.3 Å². The molecule has 0 radical (unpaired) electrons. The molecule has 1 heterocycles. The normalized spacial score (nSPS) is 20.7. The molecule has 94 valence electrons. The molecule has 0 aromatic carbocycles. The number of nitrogens with one attached hydrogen (secondary N) is 1. The van der Waals surface area contributed by atoms with Crippen molar-refractivity contribution in [3.05, 3.63) is 11.5 Å². The molecule has 0 unspecified atom stereocenters. The molecule has 1 aliphatic rings. The highest BCUT2D eigenvalue weighted by Crippen LogP contribution is 2.47. The predicted molar refractivity (Wildman–Crippen MR) is 56.3 cm³/mol. The van der Waals surface area contributed by atoms with Crippen molar-refractivity contribution in [2.75, 3.05) is 11.9 Å². The Morgan fingerprint density at radius 1 is 1.47 bits per heavy atom. The third-order valence-electron chi connectivity index (χ3n) is 2.62. The molecular formula is C9H10ClF2N3O2. The summed E-state index contributed by atoms with van der Waals surface area (Å²) < 4.78 is 25.7. The van der Waals surface area contributed by atoms with Crippen LogP contribution in [0.25, 0.3) is 0 Å². The number of rotatable bonds is 3. The SMILES string of the molecule is OCC1(Nc2nc(Cl)ncc2O)CC(F)(F)C1. The largest absolute Gasteiger partial charge is 0.503 e. The van der Waals surface area contributed by atoms with Crippen LogP contribution in [0.15, 0.2) is 6.20 Å². The highest BCUT2D eigenvalue weighted by atomic mass is 35.5. The van der Waals surface area contributed by atoms with Gasteiger partial charge in [-0.05, 0) is 11.6 Å². The standard InChI is InChI=1S/C9H10ClF2N3O2/c10-7-13-1-5(17)6(14-7)15-8(4-16)2-9(11,12)3-8/h1,16-17H,2-4H2,(H,13,14,15). The maximum atomic E-state index is 12.8. The number of hydrogen-bond acceptors (Lipinski definition) is 5. The lowest BCUT2D eigenvalue weighted by Gasteiger charge is -2.46. The maximum Gasteiger partial charge on any atom is 0.252 e. The first-order valence-electron chi connectivity index (χ1n) is 4.84. The van der Waals surface area contributed by atoms with Crippen molar-refractivity contribution in [1.29, 1.82) is 0 Å². The Kier molecular flexibility index (Phi) is 2.82. The zero-order valence-electron chi connectivity index (χ0n) is 8.62. The molecule has 1 aromatic rings. The lowest BCUT2D eigenvalue weighted by Crippen LogP contribution is -2.59. The third-order valence-corrected chi connectivity index (χ3v) is 2.80. The molecule has 0 saturated heterocycles. The Bertz CT molecular complexity index is 436. The Hall–Kier alpha value is -1.21. The van der Waals surface area contributed by atoms with Gasteiger partial charge >= 0.3 is 0 Å². The quantitative estimate of drug-likeness (QED) is 0.720. The van der Waals surface area contributed by atoms with Crippen LogP contribution in [-0.2, 0) is 0 Å². The summed E-state index contributed by atoms with van der Waals surface area (Å²) in [6.45, 7) is -0.482. The van der Waals surface area contributed by atoms with Crippen molar-refractivity contribution < 1.29 is 19.0 Å². The number of nitrogens with zero attached hydrogens (tertiary/aromatic N) is 2. The molecule has 8 heteroatoms. The van der Waals surface area contributed by atoms with E-state index in [0.29, 0.717) is 0 Å². The van der Waals surface area contributed by atoms with Crippen molar-refractivity contribution in [2.24, 2.45) is 0 Å². The van der Waals surface area contributed by atoms with Crippen molar-refractivity contribution in [3.63, 3.8) is 0 Å². The Morgan fingerprint density at radius 3 is 2.65 bits per heavy atom. The molecule has 1 aromatic heterocycles. The number of hydrogen-bond donors (Lipinski definition) is 3. The second-order valence-corrected chi connectivity index (χ2v) is 4.48. The zero-order valence-corrected chi connectivity index (χ0v) is 9.38. The van der Waals surface area contributed by atoms with Gasteiger partial charge in [0, 0.05) is 12.8 Å². The van der Waals surface area contributed by atoms with E-state index < -0.39 is 30.9 Å². The Labute approximate surface area is 100 Å². The maximum absolute atomic E-state index is 12.8. The van der Waals surface area contributed by atoms with Crippen LogP contribution in [0.1, 0.15) is 12.8 Å². The molecule has 3 N–H and O–H groups in total. The van der Waals surface area contributed by atoms with E-state index in [4.69, 9.17) is 16.7 Å². The molecule has 0 bridgehead atoms. The smallest absolute Gasteiger partial charge is 0.252 e. The second kappa shape index (κ2) is 3.92. The summed E-state index contributed by atoms with van der Waals surface area (Å²) in [5.41, 5.74) is -1.17. The number of alkyl halides is 2. The van der Waals surface area contributed by atoms with Crippen LogP contribution in [0.5, 0.6) is 5.75 Å². The number of aliphatic hydroxyl groups is 1. The molecular weight excluding hydrogens is 256 g/mol. The predicted octanol–water partition coefficient (Wildman–Crippen LogP) is 1.41. The molecule has 0 spiro atoms. The summed E-state index contributed by atoms with van der Waals surface area (Å²) in [5.74, 6) is -3.17. The number of halogens is 3. The van der Waals surface area contributed by atoms with Gasteiger partial charge in [0.15, 0.2) is 11.6 Å². The van der Waals surface area contributed by atoms with Gasteiger partial charge in [0.2, 0.25) is 5.28 Å². The zero-order chi connectivity index (χ0) is 12.7. The number of aromatic hydroxyl groups is 1. The molecule has 1 fully saturated rings. The van der Waals surface area contributed by atoms with Crippen LogP contribution in [0.4, 0.5) is 14.6 Å². The molecule has 2 rings (SSSR count). The summed E-state index contributed by atoms with van der Waals surface area (Å²) in [6.07, 6.45) is 0.0225. The minimum atomic E-state index is -2.80. The van der Waals surface area contributed by atoms with Crippen LogP contribution in [0.2, 0.25) is 5.28 Å². The van der Waals surface area contributed by atoms with Crippen molar-refractivity contribution in [2.45, 2.75) is 24.3 Å².